The summed E-state index contributed by atoms with van der Waals surface area (Å²) in [4.78, 5) is 27.5. The highest BCUT2D eigenvalue weighted by Crippen LogP contribution is 2.13. The van der Waals surface area contributed by atoms with Crippen LogP contribution in [0.4, 0.5) is 0 Å². The average molecular weight is 381 g/mol. The first-order valence-electron chi connectivity index (χ1n) is 10.0. The summed E-state index contributed by atoms with van der Waals surface area (Å²) in [5.41, 5.74) is 3.26. The first-order chi connectivity index (χ1) is 13.4. The molecule has 0 saturated carbocycles. The van der Waals surface area contributed by atoms with Crippen LogP contribution in [0.25, 0.3) is 0 Å². The Morgan fingerprint density at radius 2 is 1.61 bits per heavy atom. The van der Waals surface area contributed by atoms with E-state index in [9.17, 15) is 9.59 Å². The number of amides is 2. The molecule has 0 aromatic heterocycles. The number of hydrogen-bond acceptors (Lipinski definition) is 2. The molecule has 0 unspecified atom stereocenters. The van der Waals surface area contributed by atoms with Gasteiger partial charge in [-0.1, -0.05) is 68.4 Å². The molecule has 0 radical (unpaired) electrons. The second kappa shape index (κ2) is 10.6. The van der Waals surface area contributed by atoms with Crippen molar-refractivity contribution in [3.05, 3.63) is 71.3 Å². The predicted octanol–water partition coefficient (Wildman–Crippen LogP) is 3.77. The van der Waals surface area contributed by atoms with Crippen LogP contribution in [0.2, 0.25) is 0 Å². The minimum Gasteiger partial charge on any atom is -0.354 e. The lowest BCUT2D eigenvalue weighted by Gasteiger charge is -2.29. The number of carbonyl (C=O) groups is 2. The van der Waals surface area contributed by atoms with Crippen molar-refractivity contribution in [3.8, 4) is 0 Å². The molecule has 4 nitrogen and oxygen atoms in total. The highest BCUT2D eigenvalue weighted by molar-refractivity contribution is 5.88. The van der Waals surface area contributed by atoms with Gasteiger partial charge >= 0.3 is 0 Å². The Hall–Kier alpha value is -2.62. The molecular weight excluding hydrogens is 348 g/mol. The summed E-state index contributed by atoms with van der Waals surface area (Å²) in [5.74, 6) is 0.258. The molecule has 2 rings (SSSR count). The van der Waals surface area contributed by atoms with Crippen LogP contribution in [-0.2, 0) is 22.4 Å². The van der Waals surface area contributed by atoms with Crippen molar-refractivity contribution < 1.29 is 9.59 Å². The van der Waals surface area contributed by atoms with E-state index >= 15 is 0 Å². The maximum Gasteiger partial charge on any atom is 0.242 e. The average Bonchev–Trinajstić information content (AvgIpc) is 2.68. The molecule has 0 spiro atoms. The number of nitrogens with zero attached hydrogens (tertiary/aromatic N) is 1. The summed E-state index contributed by atoms with van der Waals surface area (Å²) in [5, 5.41) is 2.96. The molecule has 0 fully saturated rings. The molecule has 1 atom stereocenters. The summed E-state index contributed by atoms with van der Waals surface area (Å²) in [6, 6.07) is 17.5. The van der Waals surface area contributed by atoms with E-state index in [1.165, 1.54) is 0 Å². The number of carbonyl (C=O) groups excluding carboxylic acids is 2. The van der Waals surface area contributed by atoms with Gasteiger partial charge in [0.15, 0.2) is 0 Å². The van der Waals surface area contributed by atoms with Crippen LogP contribution in [0.1, 0.15) is 37.5 Å². The van der Waals surface area contributed by atoms with Crippen molar-refractivity contribution in [1.82, 2.24) is 10.2 Å². The molecule has 2 aromatic carbocycles. The molecule has 0 saturated heterocycles. The van der Waals surface area contributed by atoms with Crippen LogP contribution >= 0.6 is 0 Å². The van der Waals surface area contributed by atoms with Crippen LogP contribution < -0.4 is 5.32 Å². The van der Waals surface area contributed by atoms with Crippen LogP contribution in [0.3, 0.4) is 0 Å². The minimum atomic E-state index is -0.501. The quantitative estimate of drug-likeness (QED) is 0.720. The lowest BCUT2D eigenvalue weighted by molar-refractivity contribution is -0.139. The van der Waals surface area contributed by atoms with Crippen molar-refractivity contribution in [2.24, 2.45) is 5.92 Å². The van der Waals surface area contributed by atoms with Crippen molar-refractivity contribution >= 4 is 11.8 Å². The fourth-order valence-electron chi connectivity index (χ4n) is 3.10. The number of nitrogens with one attached hydrogen (secondary N) is 1. The largest absolute Gasteiger partial charge is 0.354 e. The number of hydrogen-bond donors (Lipinski definition) is 1. The Labute approximate surface area is 169 Å². The molecule has 2 amide bonds. The van der Waals surface area contributed by atoms with Crippen molar-refractivity contribution in [3.63, 3.8) is 0 Å². The van der Waals surface area contributed by atoms with Crippen LogP contribution in [0.5, 0.6) is 0 Å². The van der Waals surface area contributed by atoms with Gasteiger partial charge in [-0.25, -0.2) is 0 Å². The molecule has 28 heavy (non-hydrogen) atoms. The van der Waals surface area contributed by atoms with Gasteiger partial charge in [0.1, 0.15) is 6.04 Å². The SMILES string of the molecule is Cc1ccccc1CC(=O)N(CCc1ccccc1)[C@@H](C)C(=O)NCC(C)C. The van der Waals surface area contributed by atoms with Gasteiger partial charge in [-0.15, -0.1) is 0 Å². The van der Waals surface area contributed by atoms with Crippen molar-refractivity contribution in [2.45, 2.75) is 46.6 Å². The molecule has 150 valence electrons. The number of benzene rings is 2. The van der Waals surface area contributed by atoms with E-state index < -0.39 is 6.04 Å². The van der Waals surface area contributed by atoms with E-state index in [0.717, 1.165) is 23.1 Å². The summed E-state index contributed by atoms with van der Waals surface area (Å²) < 4.78 is 0. The molecule has 0 aliphatic heterocycles. The highest BCUT2D eigenvalue weighted by atomic mass is 16.2. The van der Waals surface area contributed by atoms with Crippen LogP contribution in [-0.4, -0.2) is 35.8 Å². The zero-order chi connectivity index (χ0) is 20.5. The Balaban J connectivity index is 2.13. The summed E-state index contributed by atoms with van der Waals surface area (Å²) >= 11 is 0. The van der Waals surface area contributed by atoms with Gasteiger partial charge in [-0.3, -0.25) is 9.59 Å². The second-order valence-electron chi connectivity index (χ2n) is 7.74. The first-order valence-corrected chi connectivity index (χ1v) is 10.0. The molecular formula is C24H32N2O2. The molecule has 0 heterocycles. The smallest absolute Gasteiger partial charge is 0.242 e. The van der Waals surface area contributed by atoms with E-state index in [0.29, 0.717) is 25.4 Å². The zero-order valence-corrected chi connectivity index (χ0v) is 17.4. The fourth-order valence-corrected chi connectivity index (χ4v) is 3.10. The van der Waals surface area contributed by atoms with E-state index in [1.807, 2.05) is 68.4 Å². The Morgan fingerprint density at radius 3 is 2.25 bits per heavy atom. The Morgan fingerprint density at radius 1 is 0.964 bits per heavy atom. The van der Waals surface area contributed by atoms with Gasteiger partial charge in [-0.2, -0.15) is 0 Å². The third-order valence-corrected chi connectivity index (χ3v) is 4.94. The van der Waals surface area contributed by atoms with E-state index in [-0.39, 0.29) is 11.8 Å². The Bertz CT molecular complexity index is 771. The number of aryl methyl sites for hydroxylation is 1. The van der Waals surface area contributed by atoms with Crippen LogP contribution in [0, 0.1) is 12.8 Å². The summed E-state index contributed by atoms with van der Waals surface area (Å²) in [6.45, 7) is 9.07. The predicted molar refractivity (Wildman–Crippen MR) is 114 cm³/mol. The minimum absolute atomic E-state index is 0.0163. The zero-order valence-electron chi connectivity index (χ0n) is 17.4. The lowest BCUT2D eigenvalue weighted by atomic mass is 10.0. The summed E-state index contributed by atoms with van der Waals surface area (Å²) in [6.07, 6.45) is 1.03. The van der Waals surface area contributed by atoms with Crippen molar-refractivity contribution in [1.29, 1.82) is 0 Å². The molecule has 0 aliphatic carbocycles. The normalized spacial score (nSPS) is 11.9. The van der Waals surface area contributed by atoms with Crippen LogP contribution in [0.15, 0.2) is 54.6 Å². The van der Waals surface area contributed by atoms with Gasteiger partial charge < -0.3 is 10.2 Å². The third kappa shape index (κ3) is 6.52. The fraction of sp³-hybridized carbons (Fsp3) is 0.417. The standard InChI is InChI=1S/C24H32N2O2/c1-18(2)17-25-24(28)20(4)26(15-14-21-11-6-5-7-12-21)23(27)16-22-13-9-8-10-19(22)3/h5-13,18,20H,14-17H2,1-4H3,(H,25,28)/t20-/m0/s1. The number of rotatable bonds is 9. The molecule has 4 heteroatoms. The lowest BCUT2D eigenvalue weighted by Crippen LogP contribution is -2.49. The van der Waals surface area contributed by atoms with Gasteiger partial charge in [0.05, 0.1) is 6.42 Å². The first kappa shape index (κ1) is 21.7. The van der Waals surface area contributed by atoms with Gasteiger partial charge in [0.25, 0.3) is 0 Å². The third-order valence-electron chi connectivity index (χ3n) is 4.94. The van der Waals surface area contributed by atoms with Gasteiger partial charge in [0.2, 0.25) is 11.8 Å². The maximum atomic E-state index is 13.1. The van der Waals surface area contributed by atoms with E-state index in [1.54, 1.807) is 4.90 Å². The van der Waals surface area contributed by atoms with E-state index in [4.69, 9.17) is 0 Å². The molecule has 2 aromatic rings. The highest BCUT2D eigenvalue weighted by Gasteiger charge is 2.26. The van der Waals surface area contributed by atoms with Crippen molar-refractivity contribution in [2.75, 3.05) is 13.1 Å². The summed E-state index contributed by atoms with van der Waals surface area (Å²) in [7, 11) is 0. The van der Waals surface area contributed by atoms with E-state index in [2.05, 4.69) is 19.2 Å². The second-order valence-corrected chi connectivity index (χ2v) is 7.74. The monoisotopic (exact) mass is 380 g/mol. The van der Waals surface area contributed by atoms with Gasteiger partial charge in [-0.05, 0) is 42.9 Å². The Kier molecular flexibility index (Phi) is 8.24. The van der Waals surface area contributed by atoms with Gasteiger partial charge in [0, 0.05) is 13.1 Å². The molecule has 1 N–H and O–H groups in total. The topological polar surface area (TPSA) is 49.4 Å². The molecule has 0 aliphatic rings. The molecule has 0 bridgehead atoms. The maximum absolute atomic E-state index is 13.1.